The van der Waals surface area contributed by atoms with Crippen molar-refractivity contribution in [1.82, 2.24) is 0 Å². The predicted molar refractivity (Wildman–Crippen MR) is 77.6 cm³/mol. The highest BCUT2D eigenvalue weighted by molar-refractivity contribution is 6.13. The van der Waals surface area contributed by atoms with Crippen LogP contribution in [0.15, 0.2) is 51.5 Å². The van der Waals surface area contributed by atoms with Crippen molar-refractivity contribution < 1.29 is 18.4 Å². The third kappa shape index (κ3) is 2.40. The smallest absolute Gasteiger partial charge is 0.206 e. The molecule has 0 bridgehead atoms. The Kier molecular flexibility index (Phi) is 3.44. The maximum atomic E-state index is 12.3. The first kappa shape index (κ1) is 13.4. The number of rotatable bonds is 5. The Morgan fingerprint density at radius 2 is 1.86 bits per heavy atom. The summed E-state index contributed by atoms with van der Waals surface area (Å²) in [5.41, 5.74) is 1.52. The van der Waals surface area contributed by atoms with Gasteiger partial charge < -0.3 is 8.83 Å². The topological polar surface area (TPSA) is 60.4 Å². The molecular formula is C17H14O4. The van der Waals surface area contributed by atoms with Crippen LogP contribution in [0, 0.1) is 0 Å². The fraction of sp³-hybridized carbons (Fsp3) is 0.176. The van der Waals surface area contributed by atoms with Crippen LogP contribution < -0.4 is 0 Å². The molecule has 4 heteroatoms. The van der Waals surface area contributed by atoms with Gasteiger partial charge in [0.2, 0.25) is 11.6 Å². The zero-order chi connectivity index (χ0) is 14.8. The molecule has 3 aromatic rings. The molecule has 0 atom stereocenters. The second kappa shape index (κ2) is 5.40. The summed E-state index contributed by atoms with van der Waals surface area (Å²) in [7, 11) is 0. The molecule has 0 fully saturated rings. The Hall–Kier alpha value is -2.62. The van der Waals surface area contributed by atoms with Crippen molar-refractivity contribution in [3.05, 3.63) is 59.7 Å². The number of fused-ring (bicyclic) bond motifs is 1. The number of carbonyl (C=O) groups is 2. The van der Waals surface area contributed by atoms with Crippen molar-refractivity contribution in [2.75, 3.05) is 0 Å². The number of Topliss-reactive ketones (excluding diaryl/α,β-unsaturated/α-hetero) is 2. The first-order valence-electron chi connectivity index (χ1n) is 6.81. The maximum absolute atomic E-state index is 12.3. The van der Waals surface area contributed by atoms with Crippen molar-refractivity contribution in [1.29, 1.82) is 0 Å². The highest BCUT2D eigenvalue weighted by atomic mass is 16.3. The monoisotopic (exact) mass is 282 g/mol. The average molecular weight is 282 g/mol. The third-order valence-electron chi connectivity index (χ3n) is 3.42. The fourth-order valence-electron chi connectivity index (χ4n) is 2.43. The van der Waals surface area contributed by atoms with E-state index in [4.69, 9.17) is 8.83 Å². The molecule has 0 saturated heterocycles. The summed E-state index contributed by atoms with van der Waals surface area (Å²) in [4.78, 5) is 24.3. The summed E-state index contributed by atoms with van der Waals surface area (Å²) in [5, 5.41) is 0.925. The Balaban J connectivity index is 1.93. The largest absolute Gasteiger partial charge is 0.461 e. The lowest BCUT2D eigenvalue weighted by molar-refractivity contribution is 0.0864. The summed E-state index contributed by atoms with van der Waals surface area (Å²) in [6, 6.07) is 10.7. The van der Waals surface area contributed by atoms with E-state index in [0.29, 0.717) is 12.0 Å². The molecule has 0 unspecified atom stereocenters. The molecule has 0 aliphatic rings. The Labute approximate surface area is 121 Å². The van der Waals surface area contributed by atoms with Gasteiger partial charge in [-0.25, -0.2) is 0 Å². The normalized spacial score (nSPS) is 10.9. The first-order chi connectivity index (χ1) is 10.2. The minimum absolute atomic E-state index is 0.192. The number of benzene rings is 1. The molecule has 2 aromatic heterocycles. The van der Waals surface area contributed by atoms with Gasteiger partial charge in [0.25, 0.3) is 0 Å². The predicted octanol–water partition coefficient (Wildman–Crippen LogP) is 4.04. The minimum atomic E-state index is -0.340. The van der Waals surface area contributed by atoms with E-state index in [1.54, 1.807) is 12.1 Å². The van der Waals surface area contributed by atoms with E-state index >= 15 is 0 Å². The van der Waals surface area contributed by atoms with Gasteiger partial charge in [-0.15, -0.1) is 0 Å². The van der Waals surface area contributed by atoms with Gasteiger partial charge in [0.1, 0.15) is 5.58 Å². The van der Waals surface area contributed by atoms with Gasteiger partial charge >= 0.3 is 0 Å². The number of carbonyl (C=O) groups excluding carboxylic acids is 2. The van der Waals surface area contributed by atoms with E-state index in [2.05, 4.69) is 0 Å². The number of ketones is 2. The summed E-state index contributed by atoms with van der Waals surface area (Å²) in [6.07, 6.45) is 1.84. The summed E-state index contributed by atoms with van der Waals surface area (Å²) in [6.45, 7) is 1.96. The Morgan fingerprint density at radius 3 is 2.57 bits per heavy atom. The van der Waals surface area contributed by atoms with E-state index in [1.165, 1.54) is 6.26 Å². The molecule has 0 saturated carbocycles. The maximum Gasteiger partial charge on any atom is 0.206 e. The van der Waals surface area contributed by atoms with Crippen LogP contribution >= 0.6 is 0 Å². The zero-order valence-electron chi connectivity index (χ0n) is 11.6. The van der Waals surface area contributed by atoms with Crippen LogP contribution in [0.3, 0.4) is 0 Å². The highest BCUT2D eigenvalue weighted by Crippen LogP contribution is 2.27. The lowest BCUT2D eigenvalue weighted by Crippen LogP contribution is -2.08. The minimum Gasteiger partial charge on any atom is -0.461 e. The van der Waals surface area contributed by atoms with Crippen LogP contribution in [0.4, 0.5) is 0 Å². The molecule has 0 N–H and O–H groups in total. The van der Waals surface area contributed by atoms with Gasteiger partial charge in [0.05, 0.1) is 12.7 Å². The van der Waals surface area contributed by atoms with Crippen molar-refractivity contribution in [2.24, 2.45) is 0 Å². The molecule has 0 aliphatic carbocycles. The summed E-state index contributed by atoms with van der Waals surface area (Å²) in [5.74, 6) is -0.187. The molecular weight excluding hydrogens is 268 g/mol. The number of para-hydroxylation sites is 1. The molecule has 0 radical (unpaired) electrons. The number of hydrogen-bond donors (Lipinski definition) is 0. The summed E-state index contributed by atoms with van der Waals surface area (Å²) < 4.78 is 10.7. The van der Waals surface area contributed by atoms with Crippen LogP contribution in [0.25, 0.3) is 11.0 Å². The van der Waals surface area contributed by atoms with Crippen LogP contribution in [-0.2, 0) is 6.42 Å². The molecule has 0 amide bonds. The second-order valence-corrected chi connectivity index (χ2v) is 4.76. The third-order valence-corrected chi connectivity index (χ3v) is 3.42. The van der Waals surface area contributed by atoms with E-state index in [-0.39, 0.29) is 29.5 Å². The van der Waals surface area contributed by atoms with Gasteiger partial charge in [-0.1, -0.05) is 25.1 Å². The van der Waals surface area contributed by atoms with Gasteiger partial charge in [-0.2, -0.15) is 0 Å². The number of aryl methyl sites for hydroxylation is 1. The van der Waals surface area contributed by atoms with Gasteiger partial charge in [-0.3, -0.25) is 9.59 Å². The Morgan fingerprint density at radius 1 is 1.05 bits per heavy atom. The SMILES string of the molecule is CCc1c(C(=O)CC(=O)c2ccco2)oc2ccccc12. The van der Waals surface area contributed by atoms with Crippen LogP contribution in [0.2, 0.25) is 0 Å². The molecule has 1 aromatic carbocycles. The molecule has 106 valence electrons. The lowest BCUT2D eigenvalue weighted by atomic mass is 10.0. The molecule has 2 heterocycles. The van der Waals surface area contributed by atoms with Crippen molar-refractivity contribution in [3.8, 4) is 0 Å². The van der Waals surface area contributed by atoms with Crippen molar-refractivity contribution >= 4 is 22.5 Å². The van der Waals surface area contributed by atoms with E-state index < -0.39 is 0 Å². The molecule has 4 nitrogen and oxygen atoms in total. The Bertz CT molecular complexity index is 793. The summed E-state index contributed by atoms with van der Waals surface area (Å²) >= 11 is 0. The lowest BCUT2D eigenvalue weighted by Gasteiger charge is -1.99. The quantitative estimate of drug-likeness (QED) is 0.523. The number of furan rings is 2. The van der Waals surface area contributed by atoms with Crippen LogP contribution in [-0.4, -0.2) is 11.6 Å². The van der Waals surface area contributed by atoms with Gasteiger partial charge in [0, 0.05) is 10.9 Å². The molecule has 0 spiro atoms. The van der Waals surface area contributed by atoms with Crippen molar-refractivity contribution in [2.45, 2.75) is 19.8 Å². The second-order valence-electron chi connectivity index (χ2n) is 4.76. The van der Waals surface area contributed by atoms with Crippen LogP contribution in [0.5, 0.6) is 0 Å². The number of hydrogen-bond acceptors (Lipinski definition) is 4. The first-order valence-corrected chi connectivity index (χ1v) is 6.81. The van der Waals surface area contributed by atoms with E-state index in [9.17, 15) is 9.59 Å². The zero-order valence-corrected chi connectivity index (χ0v) is 11.6. The average Bonchev–Trinajstić information content (AvgIpc) is 3.14. The highest BCUT2D eigenvalue weighted by Gasteiger charge is 2.22. The molecule has 0 aliphatic heterocycles. The van der Waals surface area contributed by atoms with Gasteiger partial charge in [-0.05, 0) is 24.6 Å². The van der Waals surface area contributed by atoms with Crippen molar-refractivity contribution in [3.63, 3.8) is 0 Å². The molecule has 21 heavy (non-hydrogen) atoms. The van der Waals surface area contributed by atoms with E-state index in [0.717, 1.165) is 10.9 Å². The van der Waals surface area contributed by atoms with E-state index in [1.807, 2.05) is 31.2 Å². The standard InChI is InChI=1S/C17H14O4/c1-2-11-12-6-3-4-7-15(12)21-17(11)14(19)10-13(18)16-8-5-9-20-16/h3-9H,2,10H2,1H3. The van der Waals surface area contributed by atoms with Crippen LogP contribution in [0.1, 0.15) is 40.0 Å². The van der Waals surface area contributed by atoms with Gasteiger partial charge in [0.15, 0.2) is 11.5 Å². The fourth-order valence-corrected chi connectivity index (χ4v) is 2.43. The molecule has 3 rings (SSSR count).